The van der Waals surface area contributed by atoms with Gasteiger partial charge in [-0.15, -0.1) is 0 Å². The van der Waals surface area contributed by atoms with Gasteiger partial charge < -0.3 is 0 Å². The molecule has 116 valence electrons. The van der Waals surface area contributed by atoms with Crippen LogP contribution in [0.1, 0.15) is 43.7 Å². The quantitative estimate of drug-likeness (QED) is 0.366. The molecule has 0 atom stereocenters. The third kappa shape index (κ3) is 5.38. The van der Waals surface area contributed by atoms with E-state index in [1.807, 2.05) is 36.4 Å². The highest BCUT2D eigenvalue weighted by molar-refractivity contribution is 9.10. The fraction of sp³-hybridized carbons (Fsp3) is 0.368. The van der Waals surface area contributed by atoms with Crippen molar-refractivity contribution in [2.75, 3.05) is 0 Å². The average Bonchev–Trinajstić information content (AvgIpc) is 2.52. The lowest BCUT2D eigenvalue weighted by molar-refractivity contribution is 0.666. The molecule has 0 aliphatic carbocycles. The first-order valence-corrected chi connectivity index (χ1v) is 8.75. The van der Waals surface area contributed by atoms with Crippen molar-refractivity contribution >= 4 is 27.3 Å². The lowest BCUT2D eigenvalue weighted by Gasteiger charge is -2.05. The normalized spacial score (nSPS) is 11.2. The molecule has 0 spiro atoms. The summed E-state index contributed by atoms with van der Waals surface area (Å²) in [5.41, 5.74) is 4.34. The third-order valence-electron chi connectivity index (χ3n) is 3.65. The standard InChI is InChI=1S/C19H23BrN2/c1-3-4-5-6-7-16-10-13-18(14-19(16)20)22-21-17-11-8-15(2)9-12-17/h8-14H,3-7H2,1-2H3. The maximum absolute atomic E-state index is 4.31. The van der Waals surface area contributed by atoms with E-state index in [-0.39, 0.29) is 0 Å². The highest BCUT2D eigenvalue weighted by Gasteiger charge is 2.01. The highest BCUT2D eigenvalue weighted by atomic mass is 79.9. The van der Waals surface area contributed by atoms with Crippen LogP contribution in [0, 0.1) is 6.92 Å². The van der Waals surface area contributed by atoms with Crippen LogP contribution in [0.3, 0.4) is 0 Å². The Balaban J connectivity index is 1.98. The molecule has 0 fully saturated rings. The Morgan fingerprint density at radius 2 is 1.55 bits per heavy atom. The van der Waals surface area contributed by atoms with Crippen LogP contribution in [-0.2, 0) is 6.42 Å². The van der Waals surface area contributed by atoms with Crippen molar-refractivity contribution in [2.24, 2.45) is 10.2 Å². The molecule has 0 bridgehead atoms. The van der Waals surface area contributed by atoms with Crippen LogP contribution in [0.4, 0.5) is 11.4 Å². The SMILES string of the molecule is CCCCCCc1ccc(N=Nc2ccc(C)cc2)cc1Br. The molecule has 22 heavy (non-hydrogen) atoms. The number of hydrogen-bond donors (Lipinski definition) is 0. The van der Waals surface area contributed by atoms with Gasteiger partial charge >= 0.3 is 0 Å². The molecule has 0 aromatic heterocycles. The minimum absolute atomic E-state index is 0.879. The number of azo groups is 1. The third-order valence-corrected chi connectivity index (χ3v) is 4.39. The number of halogens is 1. The minimum Gasteiger partial charge on any atom is -0.151 e. The second-order valence-corrected chi connectivity index (χ2v) is 6.48. The first-order valence-electron chi connectivity index (χ1n) is 7.96. The molecule has 0 saturated heterocycles. The van der Waals surface area contributed by atoms with Crippen LogP contribution in [-0.4, -0.2) is 0 Å². The molecule has 0 aliphatic heterocycles. The van der Waals surface area contributed by atoms with E-state index in [2.05, 4.69) is 46.1 Å². The molecular formula is C19H23BrN2. The molecule has 2 rings (SSSR count). The van der Waals surface area contributed by atoms with Crippen LogP contribution >= 0.6 is 15.9 Å². The Hall–Kier alpha value is -1.48. The summed E-state index contributed by atoms with van der Waals surface area (Å²) in [5.74, 6) is 0. The predicted molar refractivity (Wildman–Crippen MR) is 97.3 cm³/mol. The van der Waals surface area contributed by atoms with Crippen LogP contribution in [0.15, 0.2) is 57.2 Å². The van der Waals surface area contributed by atoms with Crippen molar-refractivity contribution in [1.82, 2.24) is 0 Å². The summed E-state index contributed by atoms with van der Waals surface area (Å²) < 4.78 is 1.13. The number of nitrogens with zero attached hydrogens (tertiary/aromatic N) is 2. The summed E-state index contributed by atoms with van der Waals surface area (Å²) in [4.78, 5) is 0. The maximum Gasteiger partial charge on any atom is 0.0868 e. The topological polar surface area (TPSA) is 24.7 Å². The minimum atomic E-state index is 0.879. The van der Waals surface area contributed by atoms with E-state index < -0.39 is 0 Å². The van der Waals surface area contributed by atoms with E-state index in [9.17, 15) is 0 Å². The molecule has 0 unspecified atom stereocenters. The zero-order chi connectivity index (χ0) is 15.8. The second kappa shape index (κ2) is 8.84. The van der Waals surface area contributed by atoms with Gasteiger partial charge in [0.25, 0.3) is 0 Å². The fourth-order valence-electron chi connectivity index (χ4n) is 2.27. The zero-order valence-corrected chi connectivity index (χ0v) is 14.9. The van der Waals surface area contributed by atoms with E-state index >= 15 is 0 Å². The summed E-state index contributed by atoms with van der Waals surface area (Å²) in [5, 5.41) is 8.59. The van der Waals surface area contributed by atoms with Crippen LogP contribution in [0.2, 0.25) is 0 Å². The van der Waals surface area contributed by atoms with Gasteiger partial charge in [-0.3, -0.25) is 0 Å². The molecule has 0 saturated carbocycles. The van der Waals surface area contributed by atoms with Crippen molar-refractivity contribution in [1.29, 1.82) is 0 Å². The maximum atomic E-state index is 4.31. The number of benzene rings is 2. The van der Waals surface area contributed by atoms with Gasteiger partial charge in [0.1, 0.15) is 0 Å². The average molecular weight is 359 g/mol. The van der Waals surface area contributed by atoms with Gasteiger partial charge in [0.15, 0.2) is 0 Å². The van der Waals surface area contributed by atoms with Crippen molar-refractivity contribution in [3.05, 3.63) is 58.1 Å². The molecule has 3 heteroatoms. The molecule has 0 heterocycles. The lowest BCUT2D eigenvalue weighted by atomic mass is 10.1. The van der Waals surface area contributed by atoms with Crippen LogP contribution in [0.5, 0.6) is 0 Å². The van der Waals surface area contributed by atoms with Crippen molar-refractivity contribution in [3.63, 3.8) is 0 Å². The molecule has 2 aromatic carbocycles. The summed E-state index contributed by atoms with van der Waals surface area (Å²) >= 11 is 3.65. The summed E-state index contributed by atoms with van der Waals surface area (Å²) in [6.07, 6.45) is 6.27. The molecule has 0 radical (unpaired) electrons. The molecule has 2 aromatic rings. The number of rotatable bonds is 7. The molecule has 0 aliphatic rings. The van der Waals surface area contributed by atoms with Crippen LogP contribution in [0.25, 0.3) is 0 Å². The van der Waals surface area contributed by atoms with E-state index in [4.69, 9.17) is 0 Å². The van der Waals surface area contributed by atoms with Gasteiger partial charge in [-0.05, 0) is 49.6 Å². The highest BCUT2D eigenvalue weighted by Crippen LogP contribution is 2.26. The van der Waals surface area contributed by atoms with Crippen LogP contribution < -0.4 is 0 Å². The van der Waals surface area contributed by atoms with Gasteiger partial charge in [0.2, 0.25) is 0 Å². The second-order valence-electron chi connectivity index (χ2n) is 5.62. The Morgan fingerprint density at radius 3 is 2.23 bits per heavy atom. The Kier molecular flexibility index (Phi) is 6.78. The molecule has 2 nitrogen and oxygen atoms in total. The van der Waals surface area contributed by atoms with Crippen molar-refractivity contribution < 1.29 is 0 Å². The van der Waals surface area contributed by atoms with E-state index in [1.165, 1.54) is 36.8 Å². The predicted octanol–water partition coefficient (Wildman–Crippen LogP) is 7.30. The smallest absolute Gasteiger partial charge is 0.0868 e. The van der Waals surface area contributed by atoms with Gasteiger partial charge in [-0.25, -0.2) is 0 Å². The number of aryl methyl sites for hydroxylation is 2. The summed E-state index contributed by atoms with van der Waals surface area (Å²) in [6, 6.07) is 14.3. The first kappa shape index (κ1) is 16.9. The van der Waals surface area contributed by atoms with E-state index in [0.717, 1.165) is 22.3 Å². The largest absolute Gasteiger partial charge is 0.151 e. The Labute approximate surface area is 141 Å². The van der Waals surface area contributed by atoms with Gasteiger partial charge in [-0.1, -0.05) is 65.9 Å². The van der Waals surface area contributed by atoms with E-state index in [0.29, 0.717) is 0 Å². The zero-order valence-electron chi connectivity index (χ0n) is 13.3. The van der Waals surface area contributed by atoms with Gasteiger partial charge in [-0.2, -0.15) is 10.2 Å². The van der Waals surface area contributed by atoms with Crippen molar-refractivity contribution in [2.45, 2.75) is 46.0 Å². The van der Waals surface area contributed by atoms with Gasteiger partial charge in [0, 0.05) is 4.47 Å². The molecular weight excluding hydrogens is 336 g/mol. The monoisotopic (exact) mass is 358 g/mol. The Morgan fingerprint density at radius 1 is 0.864 bits per heavy atom. The van der Waals surface area contributed by atoms with E-state index in [1.54, 1.807) is 0 Å². The number of unbranched alkanes of at least 4 members (excludes halogenated alkanes) is 3. The Bertz CT molecular complexity index is 618. The first-order chi connectivity index (χ1) is 10.7. The summed E-state index contributed by atoms with van der Waals surface area (Å²) in [7, 11) is 0. The van der Waals surface area contributed by atoms with Gasteiger partial charge in [0.05, 0.1) is 11.4 Å². The fourth-order valence-corrected chi connectivity index (χ4v) is 2.84. The molecule has 0 amide bonds. The van der Waals surface area contributed by atoms with Crippen molar-refractivity contribution in [3.8, 4) is 0 Å². The molecule has 0 N–H and O–H groups in total. The summed E-state index contributed by atoms with van der Waals surface area (Å²) in [6.45, 7) is 4.31. The lowest BCUT2D eigenvalue weighted by Crippen LogP contribution is -1.87. The number of hydrogen-bond acceptors (Lipinski definition) is 2.